The lowest BCUT2D eigenvalue weighted by Crippen LogP contribution is -2.16. The largest absolute Gasteiger partial charge is 0.378 e. The van der Waals surface area contributed by atoms with E-state index in [2.05, 4.69) is 5.32 Å². The van der Waals surface area contributed by atoms with E-state index < -0.39 is 0 Å². The molecule has 0 bridgehead atoms. The first-order valence-corrected chi connectivity index (χ1v) is 4.09. The Morgan fingerprint density at radius 1 is 1.17 bits per heavy atom. The molecule has 0 aliphatic rings. The quantitative estimate of drug-likeness (QED) is 0.530. The van der Waals surface area contributed by atoms with Crippen molar-refractivity contribution in [2.75, 3.05) is 40.0 Å². The van der Waals surface area contributed by atoms with E-state index >= 15 is 0 Å². The summed E-state index contributed by atoms with van der Waals surface area (Å²) in [5, 5.41) is 11.1. The average Bonchev–Trinajstić information content (AvgIpc) is 2.10. The van der Waals surface area contributed by atoms with Crippen molar-refractivity contribution >= 4 is 0 Å². The highest BCUT2D eigenvalue weighted by atomic mass is 16.5. The molecule has 0 rings (SSSR count). The molecule has 0 saturated carbocycles. The monoisotopic (exact) mass is 172 g/mol. The van der Waals surface area contributed by atoms with Crippen LogP contribution in [0.2, 0.25) is 0 Å². The van der Waals surface area contributed by atoms with Gasteiger partial charge >= 0.3 is 0 Å². The van der Waals surface area contributed by atoms with Crippen molar-refractivity contribution < 1.29 is 9.47 Å². The second-order valence-corrected chi connectivity index (χ2v) is 2.24. The van der Waals surface area contributed by atoms with Gasteiger partial charge in [-0.15, -0.1) is 0 Å². The molecule has 0 spiro atoms. The van der Waals surface area contributed by atoms with Crippen LogP contribution in [0.25, 0.3) is 0 Å². The third kappa shape index (κ3) is 9.37. The maximum absolute atomic E-state index is 8.17. The Bertz CT molecular complexity index is 123. The van der Waals surface area contributed by atoms with Gasteiger partial charge in [-0.05, 0) is 7.05 Å². The number of nitriles is 1. The van der Waals surface area contributed by atoms with Crippen molar-refractivity contribution in [3.05, 3.63) is 0 Å². The number of likely N-dealkylation sites (N-methyl/N-ethyl adjacent to an activating group) is 1. The van der Waals surface area contributed by atoms with Gasteiger partial charge in [0.2, 0.25) is 0 Å². The fraction of sp³-hybridized carbons (Fsp3) is 0.875. The summed E-state index contributed by atoms with van der Waals surface area (Å²) in [5.41, 5.74) is 0. The Balaban J connectivity index is 2.78. The summed E-state index contributed by atoms with van der Waals surface area (Å²) in [6, 6.07) is 2.00. The van der Waals surface area contributed by atoms with Gasteiger partial charge in [0.05, 0.1) is 38.9 Å². The fourth-order valence-electron chi connectivity index (χ4n) is 0.614. The first kappa shape index (κ1) is 11.4. The summed E-state index contributed by atoms with van der Waals surface area (Å²) in [6.45, 7) is 3.25. The molecule has 12 heavy (non-hydrogen) atoms. The molecule has 70 valence electrons. The summed E-state index contributed by atoms with van der Waals surface area (Å²) in [4.78, 5) is 0. The van der Waals surface area contributed by atoms with Gasteiger partial charge in [-0.3, -0.25) is 0 Å². The van der Waals surface area contributed by atoms with E-state index in [-0.39, 0.29) is 0 Å². The fourth-order valence-corrected chi connectivity index (χ4v) is 0.614. The Morgan fingerprint density at radius 3 is 2.42 bits per heavy atom. The molecule has 0 unspecified atom stereocenters. The summed E-state index contributed by atoms with van der Waals surface area (Å²) in [6.07, 6.45) is 0.455. The van der Waals surface area contributed by atoms with Crippen molar-refractivity contribution in [2.24, 2.45) is 0 Å². The smallest absolute Gasteiger partial charge is 0.0701 e. The van der Waals surface area contributed by atoms with Gasteiger partial charge in [-0.25, -0.2) is 0 Å². The Kier molecular flexibility index (Phi) is 9.83. The van der Waals surface area contributed by atoms with Crippen LogP contribution >= 0.6 is 0 Å². The second kappa shape index (κ2) is 10.4. The summed E-state index contributed by atoms with van der Waals surface area (Å²) < 4.78 is 10.3. The minimum atomic E-state index is 0.455. The maximum Gasteiger partial charge on any atom is 0.0701 e. The highest BCUT2D eigenvalue weighted by molar-refractivity contribution is 4.66. The Labute approximate surface area is 73.5 Å². The molecule has 0 aliphatic carbocycles. The van der Waals surface area contributed by atoms with Gasteiger partial charge in [-0.1, -0.05) is 0 Å². The lowest BCUT2D eigenvalue weighted by atomic mass is 10.5. The van der Waals surface area contributed by atoms with Crippen LogP contribution in [0.4, 0.5) is 0 Å². The Morgan fingerprint density at radius 2 is 1.83 bits per heavy atom. The molecular formula is C8H16N2O2. The predicted octanol–water partition coefficient (Wildman–Crippen LogP) is 0.153. The van der Waals surface area contributed by atoms with Crippen LogP contribution in [0.5, 0.6) is 0 Å². The second-order valence-electron chi connectivity index (χ2n) is 2.24. The molecule has 0 aromatic carbocycles. The third-order valence-electron chi connectivity index (χ3n) is 1.23. The average molecular weight is 172 g/mol. The molecule has 0 heterocycles. The normalized spacial score (nSPS) is 9.67. The Hall–Kier alpha value is -0.630. The minimum absolute atomic E-state index is 0.455. The van der Waals surface area contributed by atoms with Crippen LogP contribution in [0, 0.1) is 11.3 Å². The first-order valence-electron chi connectivity index (χ1n) is 4.09. The zero-order valence-electron chi connectivity index (χ0n) is 7.51. The first-order chi connectivity index (χ1) is 5.91. The molecule has 1 N–H and O–H groups in total. The number of hydrogen-bond donors (Lipinski definition) is 1. The number of nitrogens with one attached hydrogen (secondary N) is 1. The van der Waals surface area contributed by atoms with Crippen molar-refractivity contribution in [2.45, 2.75) is 6.42 Å². The molecule has 4 nitrogen and oxygen atoms in total. The summed E-state index contributed by atoms with van der Waals surface area (Å²) in [7, 11) is 1.88. The zero-order valence-corrected chi connectivity index (χ0v) is 7.51. The van der Waals surface area contributed by atoms with Crippen molar-refractivity contribution in [1.29, 1.82) is 5.26 Å². The highest BCUT2D eigenvalue weighted by Crippen LogP contribution is 1.81. The highest BCUT2D eigenvalue weighted by Gasteiger charge is 1.88. The van der Waals surface area contributed by atoms with E-state index in [1.54, 1.807) is 0 Å². The topological polar surface area (TPSA) is 54.3 Å². The van der Waals surface area contributed by atoms with E-state index in [4.69, 9.17) is 14.7 Å². The van der Waals surface area contributed by atoms with Crippen LogP contribution in [0.15, 0.2) is 0 Å². The van der Waals surface area contributed by atoms with Crippen LogP contribution in [-0.2, 0) is 9.47 Å². The molecule has 0 atom stereocenters. The molecule has 0 aliphatic heterocycles. The summed E-state index contributed by atoms with van der Waals surface area (Å²) >= 11 is 0. The van der Waals surface area contributed by atoms with Crippen molar-refractivity contribution in [3.8, 4) is 6.07 Å². The lowest BCUT2D eigenvalue weighted by Gasteiger charge is -2.03. The van der Waals surface area contributed by atoms with E-state index in [1.807, 2.05) is 13.1 Å². The van der Waals surface area contributed by atoms with Gasteiger partial charge in [0, 0.05) is 6.54 Å². The molecule has 0 aromatic rings. The van der Waals surface area contributed by atoms with Gasteiger partial charge in [-0.2, -0.15) is 5.26 Å². The SMILES string of the molecule is CNCCOCCOCCC#N. The van der Waals surface area contributed by atoms with Gasteiger partial charge in [0.25, 0.3) is 0 Å². The molecule has 0 radical (unpaired) electrons. The molecule has 4 heteroatoms. The number of ether oxygens (including phenoxy) is 2. The van der Waals surface area contributed by atoms with Gasteiger partial charge in [0.1, 0.15) is 0 Å². The maximum atomic E-state index is 8.17. The van der Waals surface area contributed by atoms with Gasteiger partial charge < -0.3 is 14.8 Å². The summed E-state index contributed by atoms with van der Waals surface area (Å²) in [5.74, 6) is 0. The minimum Gasteiger partial charge on any atom is -0.378 e. The standard InChI is InChI=1S/C8H16N2O2/c1-10-4-6-12-8-7-11-5-2-3-9/h10H,2,4-8H2,1H3. The molecule has 0 saturated heterocycles. The number of nitrogens with zero attached hydrogens (tertiary/aromatic N) is 1. The lowest BCUT2D eigenvalue weighted by molar-refractivity contribution is 0.0514. The molecule has 0 amide bonds. The van der Waals surface area contributed by atoms with E-state index in [1.165, 1.54) is 0 Å². The molecule has 0 fully saturated rings. The molecule has 0 aromatic heterocycles. The number of rotatable bonds is 8. The van der Waals surface area contributed by atoms with Crippen molar-refractivity contribution in [1.82, 2.24) is 5.32 Å². The van der Waals surface area contributed by atoms with Crippen LogP contribution in [0.1, 0.15) is 6.42 Å². The predicted molar refractivity (Wildman–Crippen MR) is 45.8 cm³/mol. The van der Waals surface area contributed by atoms with Crippen LogP contribution in [0.3, 0.4) is 0 Å². The van der Waals surface area contributed by atoms with Gasteiger partial charge in [0.15, 0.2) is 0 Å². The molecular weight excluding hydrogens is 156 g/mol. The van der Waals surface area contributed by atoms with Crippen molar-refractivity contribution in [3.63, 3.8) is 0 Å². The number of hydrogen-bond acceptors (Lipinski definition) is 4. The third-order valence-corrected chi connectivity index (χ3v) is 1.23. The van der Waals surface area contributed by atoms with Crippen LogP contribution < -0.4 is 5.32 Å². The van der Waals surface area contributed by atoms with Crippen LogP contribution in [-0.4, -0.2) is 40.0 Å². The zero-order chi connectivity index (χ0) is 9.07. The van der Waals surface area contributed by atoms with E-state index in [9.17, 15) is 0 Å². The van der Waals surface area contributed by atoms with E-state index in [0.717, 1.165) is 6.54 Å². The van der Waals surface area contributed by atoms with E-state index in [0.29, 0.717) is 32.8 Å².